The van der Waals surface area contributed by atoms with E-state index < -0.39 is 0 Å². The number of nitrogens with zero attached hydrogens (tertiary/aromatic N) is 2. The standard InChI is InChI=1S/C18H31N3O2/c1-15(2)23-18-16(6-4-7-17(18)22-3)14-21-12-10-20(11-13-21)9-5-8-19/h4,6-7,15H,5,8-14,19H2,1-3H3. The molecule has 2 N–H and O–H groups in total. The number of piperazine rings is 1. The molecule has 5 nitrogen and oxygen atoms in total. The minimum Gasteiger partial charge on any atom is -0.493 e. The van der Waals surface area contributed by atoms with Crippen LogP contribution in [0.3, 0.4) is 0 Å². The van der Waals surface area contributed by atoms with Crippen LogP contribution in [-0.4, -0.2) is 62.3 Å². The van der Waals surface area contributed by atoms with Gasteiger partial charge in [-0.1, -0.05) is 12.1 Å². The lowest BCUT2D eigenvalue weighted by Crippen LogP contribution is -2.46. The Morgan fingerprint density at radius 3 is 2.43 bits per heavy atom. The van der Waals surface area contributed by atoms with Gasteiger partial charge in [-0.2, -0.15) is 0 Å². The van der Waals surface area contributed by atoms with Gasteiger partial charge in [-0.05, 0) is 39.4 Å². The van der Waals surface area contributed by atoms with E-state index in [0.717, 1.165) is 63.7 Å². The Hall–Kier alpha value is -1.30. The maximum Gasteiger partial charge on any atom is 0.166 e. The van der Waals surface area contributed by atoms with Gasteiger partial charge in [-0.15, -0.1) is 0 Å². The fourth-order valence-corrected chi connectivity index (χ4v) is 2.94. The van der Waals surface area contributed by atoms with Crippen molar-refractivity contribution in [1.82, 2.24) is 9.80 Å². The third kappa shape index (κ3) is 5.37. The first kappa shape index (κ1) is 18.0. The molecule has 130 valence electrons. The Morgan fingerprint density at radius 1 is 1.13 bits per heavy atom. The van der Waals surface area contributed by atoms with E-state index in [0.29, 0.717) is 0 Å². The molecule has 0 spiro atoms. The quantitative estimate of drug-likeness (QED) is 0.793. The third-order valence-corrected chi connectivity index (χ3v) is 4.17. The van der Waals surface area contributed by atoms with Gasteiger partial charge < -0.3 is 20.1 Å². The second-order valence-electron chi connectivity index (χ2n) is 6.38. The lowest BCUT2D eigenvalue weighted by Gasteiger charge is -2.35. The Bertz CT molecular complexity index is 471. The molecule has 0 saturated carbocycles. The largest absolute Gasteiger partial charge is 0.493 e. The van der Waals surface area contributed by atoms with E-state index in [1.807, 2.05) is 26.0 Å². The van der Waals surface area contributed by atoms with Crippen LogP contribution in [0, 0.1) is 0 Å². The molecule has 1 aliphatic heterocycles. The number of benzene rings is 1. The van der Waals surface area contributed by atoms with Crippen molar-refractivity contribution in [1.29, 1.82) is 0 Å². The van der Waals surface area contributed by atoms with Crippen molar-refractivity contribution in [2.24, 2.45) is 5.73 Å². The maximum atomic E-state index is 6.01. The Balaban J connectivity index is 1.98. The molecule has 0 atom stereocenters. The zero-order valence-electron chi connectivity index (χ0n) is 14.8. The van der Waals surface area contributed by atoms with E-state index in [1.54, 1.807) is 7.11 Å². The Kier molecular flexibility index (Phi) is 7.15. The zero-order valence-corrected chi connectivity index (χ0v) is 14.8. The predicted molar refractivity (Wildman–Crippen MR) is 94.1 cm³/mol. The van der Waals surface area contributed by atoms with Crippen LogP contribution in [0.25, 0.3) is 0 Å². The summed E-state index contributed by atoms with van der Waals surface area (Å²) < 4.78 is 11.5. The molecule has 0 bridgehead atoms. The van der Waals surface area contributed by atoms with Gasteiger partial charge in [0.2, 0.25) is 0 Å². The average molecular weight is 321 g/mol. The van der Waals surface area contributed by atoms with Crippen LogP contribution in [0.5, 0.6) is 11.5 Å². The molecule has 23 heavy (non-hydrogen) atoms. The average Bonchev–Trinajstić information content (AvgIpc) is 2.55. The fraction of sp³-hybridized carbons (Fsp3) is 0.667. The Labute approximate surface area is 140 Å². The number of hydrogen-bond acceptors (Lipinski definition) is 5. The third-order valence-electron chi connectivity index (χ3n) is 4.17. The number of nitrogens with two attached hydrogens (primary N) is 1. The highest BCUT2D eigenvalue weighted by molar-refractivity contribution is 5.46. The van der Waals surface area contributed by atoms with Crippen molar-refractivity contribution in [3.8, 4) is 11.5 Å². The van der Waals surface area contributed by atoms with Crippen molar-refractivity contribution in [2.75, 3.05) is 46.4 Å². The lowest BCUT2D eigenvalue weighted by molar-refractivity contribution is 0.124. The molecule has 1 heterocycles. The molecule has 0 amide bonds. The summed E-state index contributed by atoms with van der Waals surface area (Å²) in [4.78, 5) is 4.99. The molecular weight excluding hydrogens is 290 g/mol. The second-order valence-corrected chi connectivity index (χ2v) is 6.38. The van der Waals surface area contributed by atoms with Gasteiger partial charge in [0.15, 0.2) is 11.5 Å². The first-order valence-electron chi connectivity index (χ1n) is 8.61. The van der Waals surface area contributed by atoms with Gasteiger partial charge in [0.25, 0.3) is 0 Å². The zero-order chi connectivity index (χ0) is 16.7. The van der Waals surface area contributed by atoms with E-state index in [9.17, 15) is 0 Å². The summed E-state index contributed by atoms with van der Waals surface area (Å²) in [7, 11) is 1.70. The lowest BCUT2D eigenvalue weighted by atomic mass is 10.1. The molecule has 0 radical (unpaired) electrons. The molecule has 2 rings (SSSR count). The van der Waals surface area contributed by atoms with Gasteiger partial charge in [-0.3, -0.25) is 4.90 Å². The van der Waals surface area contributed by atoms with Gasteiger partial charge in [0.1, 0.15) is 0 Å². The van der Waals surface area contributed by atoms with Crippen molar-refractivity contribution in [3.63, 3.8) is 0 Å². The van der Waals surface area contributed by atoms with Crippen LogP contribution in [0.2, 0.25) is 0 Å². The number of hydrogen-bond donors (Lipinski definition) is 1. The molecular formula is C18H31N3O2. The first-order valence-corrected chi connectivity index (χ1v) is 8.61. The van der Waals surface area contributed by atoms with Gasteiger partial charge in [0, 0.05) is 38.3 Å². The highest BCUT2D eigenvalue weighted by Gasteiger charge is 2.19. The summed E-state index contributed by atoms with van der Waals surface area (Å²) in [5.74, 6) is 1.70. The van der Waals surface area contributed by atoms with E-state index >= 15 is 0 Å². The molecule has 5 heteroatoms. The monoisotopic (exact) mass is 321 g/mol. The maximum absolute atomic E-state index is 6.01. The molecule has 0 aliphatic carbocycles. The van der Waals surface area contributed by atoms with Crippen LogP contribution in [0.15, 0.2) is 18.2 Å². The van der Waals surface area contributed by atoms with E-state index in [4.69, 9.17) is 15.2 Å². The molecule has 1 aromatic carbocycles. The summed E-state index contributed by atoms with van der Waals surface area (Å²) in [5, 5.41) is 0. The number of methoxy groups -OCH3 is 1. The first-order chi connectivity index (χ1) is 11.1. The van der Waals surface area contributed by atoms with Gasteiger partial charge in [-0.25, -0.2) is 0 Å². The van der Waals surface area contributed by atoms with Crippen molar-refractivity contribution in [2.45, 2.75) is 32.9 Å². The van der Waals surface area contributed by atoms with E-state index in [1.165, 1.54) is 5.56 Å². The summed E-state index contributed by atoms with van der Waals surface area (Å²) in [6, 6.07) is 6.14. The highest BCUT2D eigenvalue weighted by Crippen LogP contribution is 2.33. The van der Waals surface area contributed by atoms with Crippen molar-refractivity contribution >= 4 is 0 Å². The van der Waals surface area contributed by atoms with Crippen molar-refractivity contribution in [3.05, 3.63) is 23.8 Å². The highest BCUT2D eigenvalue weighted by atomic mass is 16.5. The molecule has 1 saturated heterocycles. The summed E-state index contributed by atoms with van der Waals surface area (Å²) in [5.41, 5.74) is 6.80. The van der Waals surface area contributed by atoms with Crippen LogP contribution < -0.4 is 15.2 Å². The molecule has 0 aromatic heterocycles. The van der Waals surface area contributed by atoms with Gasteiger partial charge >= 0.3 is 0 Å². The topological polar surface area (TPSA) is 51.0 Å². The van der Waals surface area contributed by atoms with Crippen LogP contribution in [0.1, 0.15) is 25.8 Å². The predicted octanol–water partition coefficient (Wildman–Crippen LogP) is 1.95. The number of para-hydroxylation sites is 1. The van der Waals surface area contributed by atoms with Crippen LogP contribution in [-0.2, 0) is 6.54 Å². The number of rotatable bonds is 8. The van der Waals surface area contributed by atoms with E-state index in [-0.39, 0.29) is 6.10 Å². The minimum absolute atomic E-state index is 0.137. The Morgan fingerprint density at radius 2 is 1.83 bits per heavy atom. The normalized spacial score (nSPS) is 16.7. The molecule has 1 fully saturated rings. The second kappa shape index (κ2) is 9.11. The van der Waals surface area contributed by atoms with Crippen LogP contribution in [0.4, 0.5) is 0 Å². The summed E-state index contributed by atoms with van der Waals surface area (Å²) in [6.07, 6.45) is 1.22. The summed E-state index contributed by atoms with van der Waals surface area (Å²) in [6.45, 7) is 11.3. The number of ether oxygens (including phenoxy) is 2. The van der Waals surface area contributed by atoms with Gasteiger partial charge in [0.05, 0.1) is 13.2 Å². The summed E-state index contributed by atoms with van der Waals surface area (Å²) >= 11 is 0. The van der Waals surface area contributed by atoms with E-state index in [2.05, 4.69) is 15.9 Å². The molecule has 1 aliphatic rings. The van der Waals surface area contributed by atoms with Crippen LogP contribution >= 0.6 is 0 Å². The SMILES string of the molecule is COc1cccc(CN2CCN(CCCN)CC2)c1OC(C)C. The van der Waals surface area contributed by atoms with Crippen molar-refractivity contribution < 1.29 is 9.47 Å². The minimum atomic E-state index is 0.137. The molecule has 0 unspecified atom stereocenters. The molecule has 1 aromatic rings. The fourth-order valence-electron chi connectivity index (χ4n) is 2.94. The smallest absolute Gasteiger partial charge is 0.166 e.